The zero-order valence-corrected chi connectivity index (χ0v) is 15.3. The monoisotopic (exact) mass is 351 g/mol. The molecule has 4 unspecified atom stereocenters. The van der Waals surface area contributed by atoms with Gasteiger partial charge in [-0.05, 0) is 34.6 Å². The maximum absolute atomic E-state index is 12.8. The summed E-state index contributed by atoms with van der Waals surface area (Å²) in [5.41, 5.74) is -2.95. The quantitative estimate of drug-likeness (QED) is 0.536. The van der Waals surface area contributed by atoms with Gasteiger partial charge in [-0.1, -0.05) is 12.2 Å². The number of epoxide rings is 2. The van der Waals surface area contributed by atoms with E-state index in [0.29, 0.717) is 0 Å². The Labute approximate surface area is 145 Å². The van der Waals surface area contributed by atoms with E-state index >= 15 is 0 Å². The lowest BCUT2D eigenvalue weighted by Gasteiger charge is -2.16. The molecule has 8 heteroatoms. The first-order valence-corrected chi connectivity index (χ1v) is 8.54. The van der Waals surface area contributed by atoms with Gasteiger partial charge in [0.05, 0.1) is 31.8 Å². The van der Waals surface area contributed by atoms with Crippen LogP contribution in [-0.2, 0) is 29.1 Å². The summed E-state index contributed by atoms with van der Waals surface area (Å²) in [7, 11) is 0. The van der Waals surface area contributed by atoms with Gasteiger partial charge in [-0.2, -0.15) is 0 Å². The molecule has 3 heterocycles. The fourth-order valence-corrected chi connectivity index (χ4v) is 3.02. The molecule has 1 aromatic heterocycles. The topological polar surface area (TPSA) is 91.1 Å². The molecule has 4 atom stereocenters. The molecule has 0 spiro atoms. The van der Waals surface area contributed by atoms with Crippen LogP contribution in [-0.4, -0.2) is 37.1 Å². The van der Waals surface area contributed by atoms with Gasteiger partial charge in [-0.3, -0.25) is 0 Å². The van der Waals surface area contributed by atoms with Crippen molar-refractivity contribution in [3.63, 3.8) is 0 Å². The van der Waals surface area contributed by atoms with Crippen LogP contribution < -0.4 is 17.1 Å². The molecular formula is C17H25N3O5. The number of hydrogen-bond acceptors (Lipinski definition) is 5. The van der Waals surface area contributed by atoms with E-state index in [2.05, 4.69) is 0 Å². The minimum Gasteiger partial charge on any atom is -0.365 e. The van der Waals surface area contributed by atoms with E-state index in [9.17, 15) is 14.4 Å². The average Bonchev–Trinajstić information content (AvgIpc) is 3.36. The summed E-state index contributed by atoms with van der Waals surface area (Å²) in [6.45, 7) is 9.64. The molecule has 0 amide bonds. The van der Waals surface area contributed by atoms with E-state index in [4.69, 9.17) is 9.47 Å². The molecular weight excluding hydrogens is 326 g/mol. The Morgan fingerprint density at radius 2 is 1.24 bits per heavy atom. The third-order valence-electron chi connectivity index (χ3n) is 5.35. The van der Waals surface area contributed by atoms with Crippen molar-refractivity contribution in [1.29, 1.82) is 0 Å². The first kappa shape index (κ1) is 17.9. The van der Waals surface area contributed by atoms with Crippen molar-refractivity contribution < 1.29 is 9.47 Å². The summed E-state index contributed by atoms with van der Waals surface area (Å²) in [6.07, 6.45) is 3.39. The molecule has 8 nitrogen and oxygen atoms in total. The molecule has 2 aliphatic rings. The molecule has 138 valence electrons. The highest BCUT2D eigenvalue weighted by Gasteiger charge is 2.51. The minimum absolute atomic E-state index is 0.0347. The number of rotatable bonds is 6. The van der Waals surface area contributed by atoms with Gasteiger partial charge in [0.15, 0.2) is 0 Å². The number of aromatic nitrogens is 3. The van der Waals surface area contributed by atoms with Crippen LogP contribution in [0, 0.1) is 0 Å². The highest BCUT2D eigenvalue weighted by molar-refractivity contribution is 5.00. The Hall–Kier alpha value is -1.93. The standard InChI is InChI=1S/C17H25N3O5/c1-6-7-8-18-13(21)19(9-16(4)11(2)24-16)15(23)20(14(18)22)10-17(5)12(3)25-17/h6-7,11-12H,8-10H2,1-5H3/b7-6+. The van der Waals surface area contributed by atoms with Crippen molar-refractivity contribution >= 4 is 0 Å². The smallest absolute Gasteiger partial charge is 0.336 e. The minimum atomic E-state index is -0.612. The second kappa shape index (κ2) is 5.81. The molecule has 0 N–H and O–H groups in total. The van der Waals surface area contributed by atoms with Crippen LogP contribution >= 0.6 is 0 Å². The van der Waals surface area contributed by atoms with E-state index in [1.165, 1.54) is 0 Å². The van der Waals surface area contributed by atoms with E-state index < -0.39 is 28.3 Å². The number of hydrogen-bond donors (Lipinski definition) is 0. The summed E-state index contributed by atoms with van der Waals surface area (Å²) < 4.78 is 14.3. The van der Waals surface area contributed by atoms with Crippen LogP contribution in [0.15, 0.2) is 26.5 Å². The summed E-state index contributed by atoms with van der Waals surface area (Å²) in [6, 6.07) is 0. The molecule has 2 aliphatic heterocycles. The zero-order chi connectivity index (χ0) is 18.6. The largest absolute Gasteiger partial charge is 0.365 e. The lowest BCUT2D eigenvalue weighted by molar-refractivity contribution is 0.258. The Morgan fingerprint density at radius 3 is 1.56 bits per heavy atom. The average molecular weight is 351 g/mol. The van der Waals surface area contributed by atoms with Gasteiger partial charge in [-0.15, -0.1) is 0 Å². The van der Waals surface area contributed by atoms with Crippen LogP contribution in [0.4, 0.5) is 0 Å². The van der Waals surface area contributed by atoms with Crippen LogP contribution in [0.2, 0.25) is 0 Å². The van der Waals surface area contributed by atoms with Crippen molar-refractivity contribution in [1.82, 2.24) is 13.7 Å². The van der Waals surface area contributed by atoms with Gasteiger partial charge in [0.1, 0.15) is 11.2 Å². The summed E-state index contributed by atoms with van der Waals surface area (Å²) in [5.74, 6) is 0. The number of ether oxygens (including phenoxy) is 2. The lowest BCUT2D eigenvalue weighted by atomic mass is 10.1. The van der Waals surface area contributed by atoms with Crippen molar-refractivity contribution in [2.24, 2.45) is 0 Å². The van der Waals surface area contributed by atoms with Crippen LogP contribution in [0.25, 0.3) is 0 Å². The first-order valence-electron chi connectivity index (χ1n) is 8.54. The van der Waals surface area contributed by atoms with E-state index in [1.807, 2.05) is 27.7 Å². The van der Waals surface area contributed by atoms with Gasteiger partial charge in [-0.25, -0.2) is 28.1 Å². The first-order chi connectivity index (χ1) is 11.6. The summed E-state index contributed by atoms with van der Waals surface area (Å²) >= 11 is 0. The summed E-state index contributed by atoms with van der Waals surface area (Å²) in [5, 5.41) is 0. The number of allylic oxidation sites excluding steroid dienone is 2. The predicted molar refractivity (Wildman–Crippen MR) is 91.9 cm³/mol. The van der Waals surface area contributed by atoms with Gasteiger partial charge >= 0.3 is 17.1 Å². The predicted octanol–water partition coefficient (Wildman–Crippen LogP) is 0.103. The maximum atomic E-state index is 12.8. The second-order valence-electron chi connectivity index (χ2n) is 7.35. The van der Waals surface area contributed by atoms with Crippen molar-refractivity contribution in [2.75, 3.05) is 0 Å². The molecule has 0 aromatic carbocycles. The molecule has 2 saturated heterocycles. The molecule has 2 fully saturated rings. The van der Waals surface area contributed by atoms with E-state index in [0.717, 1.165) is 13.7 Å². The molecule has 25 heavy (non-hydrogen) atoms. The Balaban J connectivity index is 2.12. The third kappa shape index (κ3) is 3.04. The molecule has 0 bridgehead atoms. The molecule has 3 rings (SSSR count). The highest BCUT2D eigenvalue weighted by Crippen LogP contribution is 2.37. The van der Waals surface area contributed by atoms with Crippen molar-refractivity contribution in [3.8, 4) is 0 Å². The SMILES string of the molecule is C/C=C/Cn1c(=O)n(CC2(C)OC2C)c(=O)n(CC2(C)OC2C)c1=O. The highest BCUT2D eigenvalue weighted by atomic mass is 16.6. The fraction of sp³-hybridized carbons (Fsp3) is 0.706. The van der Waals surface area contributed by atoms with Crippen LogP contribution in [0.3, 0.4) is 0 Å². The lowest BCUT2D eigenvalue weighted by Crippen LogP contribution is -2.56. The Kier molecular flexibility index (Phi) is 4.15. The Morgan fingerprint density at radius 1 is 0.880 bits per heavy atom. The second-order valence-corrected chi connectivity index (χ2v) is 7.35. The number of nitrogens with zero attached hydrogens (tertiary/aromatic N) is 3. The third-order valence-corrected chi connectivity index (χ3v) is 5.35. The molecule has 0 radical (unpaired) electrons. The van der Waals surface area contributed by atoms with Crippen molar-refractivity contribution in [3.05, 3.63) is 43.6 Å². The van der Waals surface area contributed by atoms with Gasteiger partial charge in [0.2, 0.25) is 0 Å². The maximum Gasteiger partial charge on any atom is 0.336 e. The molecule has 0 aliphatic carbocycles. The van der Waals surface area contributed by atoms with Crippen LogP contribution in [0.5, 0.6) is 0 Å². The Bertz CT molecular complexity index is 833. The van der Waals surface area contributed by atoms with Gasteiger partial charge < -0.3 is 9.47 Å². The van der Waals surface area contributed by atoms with Crippen LogP contribution in [0.1, 0.15) is 34.6 Å². The molecule has 1 aromatic rings. The summed E-state index contributed by atoms with van der Waals surface area (Å²) in [4.78, 5) is 38.3. The van der Waals surface area contributed by atoms with E-state index in [-0.39, 0.29) is 31.8 Å². The zero-order valence-electron chi connectivity index (χ0n) is 15.3. The van der Waals surface area contributed by atoms with Crippen molar-refractivity contribution in [2.45, 2.75) is 77.7 Å². The molecule has 0 saturated carbocycles. The van der Waals surface area contributed by atoms with Gasteiger partial charge in [0.25, 0.3) is 0 Å². The fourth-order valence-electron chi connectivity index (χ4n) is 3.02. The van der Waals surface area contributed by atoms with E-state index in [1.54, 1.807) is 19.1 Å². The van der Waals surface area contributed by atoms with Gasteiger partial charge in [0, 0.05) is 0 Å². The normalized spacial score (nSPS) is 33.8.